The van der Waals surface area contributed by atoms with E-state index in [9.17, 15) is 14.7 Å². The van der Waals surface area contributed by atoms with E-state index in [1.54, 1.807) is 11.3 Å². The Bertz CT molecular complexity index is 735. The van der Waals surface area contributed by atoms with E-state index < -0.39 is 11.4 Å². The third kappa shape index (κ3) is 4.49. The third-order valence-corrected chi connectivity index (χ3v) is 5.76. The van der Waals surface area contributed by atoms with Crippen LogP contribution in [0.3, 0.4) is 0 Å². The van der Waals surface area contributed by atoms with Gasteiger partial charge in [0.2, 0.25) is 17.6 Å². The minimum Gasteiger partial charge on any atom is -0.481 e. The molecule has 2 N–H and O–H groups in total. The molecule has 140 valence electrons. The number of aryl methyl sites for hydroxylation is 1. The highest BCUT2D eigenvalue weighted by Crippen LogP contribution is 2.36. The average molecular weight is 377 g/mol. The lowest BCUT2D eigenvalue weighted by Crippen LogP contribution is -2.44. The molecule has 2 heterocycles. The fourth-order valence-electron chi connectivity index (χ4n) is 3.31. The van der Waals surface area contributed by atoms with Crippen LogP contribution in [0.25, 0.3) is 10.7 Å². The number of carbonyl (C=O) groups excluding carboxylic acids is 1. The quantitative estimate of drug-likeness (QED) is 0.731. The van der Waals surface area contributed by atoms with Crippen LogP contribution in [0.15, 0.2) is 22.0 Å². The van der Waals surface area contributed by atoms with E-state index in [0.29, 0.717) is 43.8 Å². The first kappa shape index (κ1) is 18.6. The molecule has 1 aliphatic rings. The van der Waals surface area contributed by atoms with Crippen LogP contribution in [0, 0.1) is 5.41 Å². The van der Waals surface area contributed by atoms with Gasteiger partial charge < -0.3 is 14.9 Å². The molecule has 0 saturated heterocycles. The highest BCUT2D eigenvalue weighted by Gasteiger charge is 2.39. The number of rotatable bonds is 8. The molecule has 1 fully saturated rings. The Balaban J connectivity index is 1.42. The minimum absolute atomic E-state index is 0.130. The number of aliphatic carboxylic acids is 1. The van der Waals surface area contributed by atoms with E-state index in [1.165, 1.54) is 0 Å². The van der Waals surface area contributed by atoms with E-state index in [2.05, 4.69) is 15.5 Å². The minimum atomic E-state index is -0.801. The number of nitrogens with zero attached hydrogens (tertiary/aromatic N) is 2. The smallest absolute Gasteiger partial charge is 0.311 e. The van der Waals surface area contributed by atoms with Gasteiger partial charge >= 0.3 is 5.97 Å². The van der Waals surface area contributed by atoms with Gasteiger partial charge in [-0.15, -0.1) is 11.3 Å². The molecule has 7 nitrogen and oxygen atoms in total. The van der Waals surface area contributed by atoms with E-state index in [0.717, 1.165) is 24.1 Å². The summed E-state index contributed by atoms with van der Waals surface area (Å²) in [7, 11) is 0. The molecule has 0 unspecified atom stereocenters. The molecule has 26 heavy (non-hydrogen) atoms. The maximum atomic E-state index is 12.1. The topological polar surface area (TPSA) is 105 Å². The molecule has 0 aromatic carbocycles. The van der Waals surface area contributed by atoms with Crippen LogP contribution in [0.4, 0.5) is 0 Å². The molecular formula is C18H23N3O4S. The number of thiophene rings is 1. The summed E-state index contributed by atoms with van der Waals surface area (Å²) in [5.41, 5.74) is -0.796. The molecule has 1 amide bonds. The van der Waals surface area contributed by atoms with Crippen LogP contribution >= 0.6 is 11.3 Å². The lowest BCUT2D eigenvalue weighted by Gasteiger charge is -2.33. The number of hydrogen-bond donors (Lipinski definition) is 2. The molecule has 0 spiro atoms. The summed E-state index contributed by atoms with van der Waals surface area (Å²) in [6.45, 7) is 0.213. The van der Waals surface area contributed by atoms with Crippen LogP contribution in [-0.2, 0) is 16.0 Å². The summed E-state index contributed by atoms with van der Waals surface area (Å²) < 4.78 is 5.21. The molecule has 0 bridgehead atoms. The molecule has 0 aliphatic heterocycles. The van der Waals surface area contributed by atoms with Crippen molar-refractivity contribution >= 4 is 23.2 Å². The Morgan fingerprint density at radius 3 is 2.81 bits per heavy atom. The van der Waals surface area contributed by atoms with Crippen LogP contribution in [0.5, 0.6) is 0 Å². The number of carboxylic acid groups (broad SMARTS) is 1. The summed E-state index contributed by atoms with van der Waals surface area (Å²) in [5, 5.41) is 18.2. The number of carbonyl (C=O) groups is 2. The zero-order valence-corrected chi connectivity index (χ0v) is 15.4. The average Bonchev–Trinajstić information content (AvgIpc) is 3.32. The molecule has 3 rings (SSSR count). The van der Waals surface area contributed by atoms with E-state index in [4.69, 9.17) is 4.52 Å². The predicted octanol–water partition coefficient (Wildman–Crippen LogP) is 3.27. The molecular weight excluding hydrogens is 354 g/mol. The maximum Gasteiger partial charge on any atom is 0.311 e. The highest BCUT2D eigenvalue weighted by atomic mass is 32.1. The van der Waals surface area contributed by atoms with E-state index in [-0.39, 0.29) is 12.5 Å². The van der Waals surface area contributed by atoms with Gasteiger partial charge in [-0.2, -0.15) is 4.98 Å². The summed E-state index contributed by atoms with van der Waals surface area (Å²) >= 11 is 1.54. The van der Waals surface area contributed by atoms with Crippen molar-refractivity contribution in [1.82, 2.24) is 15.5 Å². The summed E-state index contributed by atoms with van der Waals surface area (Å²) in [4.78, 5) is 28.9. The van der Waals surface area contributed by atoms with Crippen LogP contribution in [0.1, 0.15) is 50.8 Å². The summed E-state index contributed by atoms with van der Waals surface area (Å²) in [6.07, 6.45) is 5.57. The van der Waals surface area contributed by atoms with Crippen LogP contribution in [-0.4, -0.2) is 33.7 Å². The normalized spacial score (nSPS) is 16.3. The van der Waals surface area contributed by atoms with Crippen molar-refractivity contribution in [2.24, 2.45) is 5.41 Å². The molecule has 2 aromatic heterocycles. The second-order valence-electron chi connectivity index (χ2n) is 6.77. The second kappa shape index (κ2) is 8.44. The molecule has 1 saturated carbocycles. The van der Waals surface area contributed by atoms with Crippen molar-refractivity contribution in [3.8, 4) is 10.7 Å². The van der Waals surface area contributed by atoms with Crippen molar-refractivity contribution in [3.63, 3.8) is 0 Å². The zero-order chi connectivity index (χ0) is 18.4. The van der Waals surface area contributed by atoms with Gasteiger partial charge in [-0.05, 0) is 30.7 Å². The Morgan fingerprint density at radius 2 is 2.12 bits per heavy atom. The Hall–Kier alpha value is -2.22. The first-order chi connectivity index (χ1) is 12.6. The maximum absolute atomic E-state index is 12.1. The molecule has 8 heteroatoms. The predicted molar refractivity (Wildman–Crippen MR) is 96.7 cm³/mol. The lowest BCUT2D eigenvalue weighted by atomic mass is 9.74. The third-order valence-electron chi connectivity index (χ3n) is 4.89. The molecule has 0 atom stereocenters. The summed E-state index contributed by atoms with van der Waals surface area (Å²) in [6, 6.07) is 3.85. The van der Waals surface area contributed by atoms with Gasteiger partial charge in [0, 0.05) is 19.4 Å². The van der Waals surface area contributed by atoms with Gasteiger partial charge in [0.15, 0.2) is 0 Å². The Labute approximate surface area is 155 Å². The van der Waals surface area contributed by atoms with Crippen molar-refractivity contribution in [1.29, 1.82) is 0 Å². The highest BCUT2D eigenvalue weighted by molar-refractivity contribution is 7.13. The number of carboxylic acids is 1. The lowest BCUT2D eigenvalue weighted by molar-refractivity contribution is -0.151. The standard InChI is InChI=1S/C18H23N3O4S/c22-14(19-12-18(17(23)24)9-2-1-3-10-18)7-4-8-15-20-16(21-25-15)13-6-5-11-26-13/h5-6,11H,1-4,7-10,12H2,(H,19,22)(H,23,24). The van der Waals surface area contributed by atoms with E-state index in [1.807, 2.05) is 17.5 Å². The van der Waals surface area contributed by atoms with Crippen molar-refractivity contribution in [2.75, 3.05) is 6.54 Å². The largest absolute Gasteiger partial charge is 0.481 e. The molecule has 2 aromatic rings. The fraction of sp³-hybridized carbons (Fsp3) is 0.556. The van der Waals surface area contributed by atoms with E-state index >= 15 is 0 Å². The van der Waals surface area contributed by atoms with Gasteiger partial charge in [0.05, 0.1) is 10.3 Å². The number of aromatic nitrogens is 2. The second-order valence-corrected chi connectivity index (χ2v) is 7.71. The first-order valence-electron chi connectivity index (χ1n) is 8.96. The Kier molecular flexibility index (Phi) is 6.03. The molecule has 1 aliphatic carbocycles. The van der Waals surface area contributed by atoms with Gasteiger partial charge in [0.25, 0.3) is 0 Å². The Morgan fingerprint density at radius 1 is 1.31 bits per heavy atom. The summed E-state index contributed by atoms with van der Waals surface area (Å²) in [5.74, 6) is 0.147. The first-order valence-corrected chi connectivity index (χ1v) is 9.84. The monoisotopic (exact) mass is 377 g/mol. The number of hydrogen-bond acceptors (Lipinski definition) is 6. The van der Waals surface area contributed by atoms with Crippen LogP contribution < -0.4 is 5.32 Å². The van der Waals surface area contributed by atoms with Gasteiger partial charge in [-0.25, -0.2) is 0 Å². The van der Waals surface area contributed by atoms with Crippen molar-refractivity contribution in [2.45, 2.75) is 51.4 Å². The molecule has 0 radical (unpaired) electrons. The SMILES string of the molecule is O=C(CCCc1nc(-c2cccs2)no1)NCC1(C(=O)O)CCCCC1. The fourth-order valence-corrected chi connectivity index (χ4v) is 3.96. The number of nitrogens with one attached hydrogen (secondary N) is 1. The van der Waals surface area contributed by atoms with Crippen molar-refractivity contribution in [3.05, 3.63) is 23.4 Å². The number of amides is 1. The zero-order valence-electron chi connectivity index (χ0n) is 14.6. The van der Waals surface area contributed by atoms with Gasteiger partial charge in [-0.1, -0.05) is 30.5 Å². The van der Waals surface area contributed by atoms with Crippen molar-refractivity contribution < 1.29 is 19.2 Å². The van der Waals surface area contributed by atoms with Crippen LogP contribution in [0.2, 0.25) is 0 Å². The van der Waals surface area contributed by atoms with Gasteiger partial charge in [-0.3, -0.25) is 9.59 Å². The van der Waals surface area contributed by atoms with Gasteiger partial charge in [0.1, 0.15) is 0 Å².